The molecule has 0 bridgehead atoms. The van der Waals surface area contributed by atoms with Gasteiger partial charge in [-0.25, -0.2) is 4.39 Å². The summed E-state index contributed by atoms with van der Waals surface area (Å²) in [4.78, 5) is 0. The number of methoxy groups -OCH3 is 2. The normalized spacial score (nSPS) is 10.7. The Balaban J connectivity index is 2.12. The molecule has 0 heterocycles. The van der Waals surface area contributed by atoms with E-state index in [9.17, 15) is 4.39 Å². The highest BCUT2D eigenvalue weighted by atomic mass is 19.1. The molecule has 19 heavy (non-hydrogen) atoms. The molecular weight excluding hydrogens is 245 g/mol. The van der Waals surface area contributed by atoms with Crippen LogP contribution in [-0.4, -0.2) is 33.9 Å². The van der Waals surface area contributed by atoms with Crippen molar-refractivity contribution in [3.05, 3.63) is 29.6 Å². The summed E-state index contributed by atoms with van der Waals surface area (Å²) in [5.41, 5.74) is 0.771. The summed E-state index contributed by atoms with van der Waals surface area (Å²) < 4.78 is 23.6. The van der Waals surface area contributed by atoms with Gasteiger partial charge in [0.15, 0.2) is 0 Å². The van der Waals surface area contributed by atoms with Gasteiger partial charge in [0.25, 0.3) is 0 Å². The van der Waals surface area contributed by atoms with E-state index in [-0.39, 0.29) is 5.82 Å². The Hall–Kier alpha value is -1.13. The maximum Gasteiger partial charge on any atom is 0.130 e. The molecule has 0 unspecified atom stereocenters. The first-order valence-electron chi connectivity index (χ1n) is 6.80. The molecule has 0 fully saturated rings. The molecule has 1 aromatic carbocycles. The monoisotopic (exact) mass is 269 g/mol. The molecule has 0 atom stereocenters. The van der Waals surface area contributed by atoms with Gasteiger partial charge in [-0.3, -0.25) is 0 Å². The van der Waals surface area contributed by atoms with Crippen LogP contribution in [0.1, 0.15) is 24.8 Å². The summed E-state index contributed by atoms with van der Waals surface area (Å²) in [5, 5.41) is 3.30. The van der Waals surface area contributed by atoms with Crippen LogP contribution in [0.25, 0.3) is 0 Å². The highest BCUT2D eigenvalue weighted by Gasteiger charge is 2.03. The van der Waals surface area contributed by atoms with E-state index in [0.29, 0.717) is 5.75 Å². The van der Waals surface area contributed by atoms with Crippen LogP contribution in [0.2, 0.25) is 0 Å². The number of ether oxygens (including phenoxy) is 2. The molecule has 1 N–H and O–H groups in total. The van der Waals surface area contributed by atoms with Gasteiger partial charge >= 0.3 is 0 Å². The number of nitrogens with one attached hydrogen (secondary N) is 1. The Labute approximate surface area is 115 Å². The zero-order valence-electron chi connectivity index (χ0n) is 11.9. The van der Waals surface area contributed by atoms with E-state index in [1.54, 1.807) is 14.2 Å². The molecule has 0 spiro atoms. The Morgan fingerprint density at radius 2 is 1.95 bits per heavy atom. The zero-order chi connectivity index (χ0) is 13.9. The van der Waals surface area contributed by atoms with Gasteiger partial charge in [-0.15, -0.1) is 0 Å². The van der Waals surface area contributed by atoms with Gasteiger partial charge in [0.1, 0.15) is 11.6 Å². The molecule has 0 amide bonds. The first-order chi connectivity index (χ1) is 9.27. The smallest absolute Gasteiger partial charge is 0.130 e. The molecule has 0 aliphatic heterocycles. The largest absolute Gasteiger partial charge is 0.497 e. The van der Waals surface area contributed by atoms with E-state index < -0.39 is 0 Å². The quantitative estimate of drug-likeness (QED) is 0.663. The molecule has 0 radical (unpaired) electrons. The van der Waals surface area contributed by atoms with E-state index in [4.69, 9.17) is 9.47 Å². The van der Waals surface area contributed by atoms with Gasteiger partial charge in [-0.05, 0) is 37.4 Å². The molecule has 4 heteroatoms. The van der Waals surface area contributed by atoms with Gasteiger partial charge in [0.05, 0.1) is 13.7 Å². The molecule has 0 aliphatic rings. The van der Waals surface area contributed by atoms with Crippen molar-refractivity contribution in [2.24, 2.45) is 0 Å². The lowest BCUT2D eigenvalue weighted by Gasteiger charge is -2.06. The van der Waals surface area contributed by atoms with Gasteiger partial charge < -0.3 is 14.8 Å². The zero-order valence-corrected chi connectivity index (χ0v) is 11.9. The van der Waals surface area contributed by atoms with E-state index >= 15 is 0 Å². The molecule has 0 saturated heterocycles. The fourth-order valence-corrected chi connectivity index (χ4v) is 1.90. The summed E-state index contributed by atoms with van der Waals surface area (Å²) in [6.45, 7) is 2.63. The fraction of sp³-hybridized carbons (Fsp3) is 0.600. The minimum atomic E-state index is -0.169. The first kappa shape index (κ1) is 15.9. The second kappa shape index (κ2) is 9.75. The standard InChI is InChI=1S/C15H24FNO2/c1-18-11-10-17-9-5-3-4-6-13-7-8-14(19-2)12-15(13)16/h7-8,12,17H,3-6,9-11H2,1-2H3. The molecular formula is C15H24FNO2. The predicted octanol–water partition coefficient (Wildman–Crippen LogP) is 2.78. The van der Waals surface area contributed by atoms with E-state index in [1.807, 2.05) is 12.1 Å². The Morgan fingerprint density at radius 3 is 2.63 bits per heavy atom. The topological polar surface area (TPSA) is 30.5 Å². The molecule has 0 saturated carbocycles. The molecule has 0 aliphatic carbocycles. The van der Waals surface area contributed by atoms with Gasteiger partial charge in [0.2, 0.25) is 0 Å². The third-order valence-electron chi connectivity index (χ3n) is 3.04. The second-order valence-electron chi connectivity index (χ2n) is 4.51. The SMILES string of the molecule is COCCNCCCCCc1ccc(OC)cc1F. The highest BCUT2D eigenvalue weighted by Crippen LogP contribution is 2.18. The van der Waals surface area contributed by atoms with Crippen LogP contribution >= 0.6 is 0 Å². The van der Waals surface area contributed by atoms with Gasteiger partial charge in [-0.2, -0.15) is 0 Å². The maximum absolute atomic E-state index is 13.6. The lowest BCUT2D eigenvalue weighted by molar-refractivity contribution is 0.199. The van der Waals surface area contributed by atoms with Crippen LogP contribution in [0, 0.1) is 5.82 Å². The van der Waals surface area contributed by atoms with Crippen molar-refractivity contribution in [3.63, 3.8) is 0 Å². The summed E-state index contributed by atoms with van der Waals surface area (Å²) in [6, 6.07) is 5.07. The highest BCUT2D eigenvalue weighted by molar-refractivity contribution is 5.28. The first-order valence-corrected chi connectivity index (χ1v) is 6.80. The Morgan fingerprint density at radius 1 is 1.11 bits per heavy atom. The van der Waals surface area contributed by atoms with Crippen LogP contribution in [0.4, 0.5) is 4.39 Å². The van der Waals surface area contributed by atoms with Gasteiger partial charge in [0, 0.05) is 19.7 Å². The van der Waals surface area contributed by atoms with E-state index in [0.717, 1.165) is 50.9 Å². The number of hydrogen-bond acceptors (Lipinski definition) is 3. The molecule has 1 aromatic rings. The third-order valence-corrected chi connectivity index (χ3v) is 3.04. The van der Waals surface area contributed by atoms with Crippen LogP contribution < -0.4 is 10.1 Å². The number of hydrogen-bond donors (Lipinski definition) is 1. The molecule has 108 valence electrons. The summed E-state index contributed by atoms with van der Waals surface area (Å²) in [6.07, 6.45) is 4.01. The number of unbranched alkanes of at least 4 members (excludes halogenated alkanes) is 2. The average molecular weight is 269 g/mol. The molecule has 0 aromatic heterocycles. The van der Waals surface area contributed by atoms with Crippen molar-refractivity contribution in [3.8, 4) is 5.75 Å². The predicted molar refractivity (Wildman–Crippen MR) is 75.3 cm³/mol. The van der Waals surface area contributed by atoms with E-state index in [1.165, 1.54) is 6.07 Å². The van der Waals surface area contributed by atoms with E-state index in [2.05, 4.69) is 5.32 Å². The maximum atomic E-state index is 13.6. The van der Waals surface area contributed by atoms with Crippen molar-refractivity contribution >= 4 is 0 Å². The van der Waals surface area contributed by atoms with Crippen molar-refractivity contribution in [2.45, 2.75) is 25.7 Å². The number of aryl methyl sites for hydroxylation is 1. The Bertz CT molecular complexity index is 358. The number of rotatable bonds is 10. The van der Waals surface area contributed by atoms with Crippen molar-refractivity contribution in [1.82, 2.24) is 5.32 Å². The lowest BCUT2D eigenvalue weighted by Crippen LogP contribution is -2.20. The van der Waals surface area contributed by atoms with Gasteiger partial charge in [-0.1, -0.05) is 12.5 Å². The average Bonchev–Trinajstić information content (AvgIpc) is 2.43. The number of halogens is 1. The van der Waals surface area contributed by atoms with Crippen molar-refractivity contribution in [2.75, 3.05) is 33.9 Å². The van der Waals surface area contributed by atoms with Crippen LogP contribution in [0.15, 0.2) is 18.2 Å². The lowest BCUT2D eigenvalue weighted by atomic mass is 10.1. The second-order valence-corrected chi connectivity index (χ2v) is 4.51. The Kier molecular flexibility index (Phi) is 8.18. The fourth-order valence-electron chi connectivity index (χ4n) is 1.90. The van der Waals surface area contributed by atoms with Crippen LogP contribution in [-0.2, 0) is 11.2 Å². The summed E-state index contributed by atoms with van der Waals surface area (Å²) in [5.74, 6) is 0.404. The minimum absolute atomic E-state index is 0.169. The molecule has 1 rings (SSSR count). The van der Waals surface area contributed by atoms with Crippen molar-refractivity contribution < 1.29 is 13.9 Å². The summed E-state index contributed by atoms with van der Waals surface area (Å²) >= 11 is 0. The number of benzene rings is 1. The van der Waals surface area contributed by atoms with Crippen LogP contribution in [0.3, 0.4) is 0 Å². The summed E-state index contributed by atoms with van der Waals surface area (Å²) in [7, 11) is 3.25. The van der Waals surface area contributed by atoms with Crippen LogP contribution in [0.5, 0.6) is 5.75 Å². The third kappa shape index (κ3) is 6.55. The minimum Gasteiger partial charge on any atom is -0.497 e. The molecule has 3 nitrogen and oxygen atoms in total. The van der Waals surface area contributed by atoms with Crippen molar-refractivity contribution in [1.29, 1.82) is 0 Å².